The first-order valence-electron chi connectivity index (χ1n) is 5.94. The lowest BCUT2D eigenvalue weighted by atomic mass is 10.3. The molecule has 0 aromatic heterocycles. The molecule has 0 rings (SSSR count). The highest BCUT2D eigenvalue weighted by molar-refractivity contribution is 7.86. The van der Waals surface area contributed by atoms with Crippen LogP contribution in [-0.2, 0) is 19.7 Å². The molecular formula is C11H21N3O4S. The molecule has 0 fully saturated rings. The van der Waals surface area contributed by atoms with E-state index in [4.69, 9.17) is 5.26 Å². The molecule has 110 valence electrons. The van der Waals surface area contributed by atoms with E-state index in [2.05, 4.69) is 4.74 Å². The Morgan fingerprint density at radius 2 is 1.95 bits per heavy atom. The van der Waals surface area contributed by atoms with Gasteiger partial charge in [-0.1, -0.05) is 0 Å². The molecule has 0 heterocycles. The summed E-state index contributed by atoms with van der Waals surface area (Å²) in [6.07, 6.45) is 0.124. The van der Waals surface area contributed by atoms with Gasteiger partial charge in [0.25, 0.3) is 10.2 Å². The van der Waals surface area contributed by atoms with E-state index in [1.54, 1.807) is 13.8 Å². The first kappa shape index (κ1) is 17.8. The first-order chi connectivity index (χ1) is 8.77. The summed E-state index contributed by atoms with van der Waals surface area (Å²) in [4.78, 5) is 11.0. The largest absolute Gasteiger partial charge is 0.469 e. The molecule has 0 aromatic carbocycles. The van der Waals surface area contributed by atoms with Crippen molar-refractivity contribution in [1.82, 2.24) is 8.61 Å². The number of hydrogen-bond acceptors (Lipinski definition) is 5. The van der Waals surface area contributed by atoms with Gasteiger partial charge in [-0.3, -0.25) is 4.79 Å². The summed E-state index contributed by atoms with van der Waals surface area (Å²) in [7, 11) is -1.01. The average molecular weight is 291 g/mol. The number of nitrogens with zero attached hydrogens (tertiary/aromatic N) is 3. The Morgan fingerprint density at radius 3 is 2.37 bits per heavy atom. The Bertz CT molecular complexity index is 428. The number of rotatable bonds is 8. The molecule has 0 atom stereocenters. The van der Waals surface area contributed by atoms with Gasteiger partial charge >= 0.3 is 5.97 Å². The number of hydrogen-bond donors (Lipinski definition) is 0. The Kier molecular flexibility index (Phi) is 7.59. The molecule has 8 heteroatoms. The second-order valence-electron chi connectivity index (χ2n) is 4.27. The second-order valence-corrected chi connectivity index (χ2v) is 6.26. The number of methoxy groups -OCH3 is 1. The molecule has 0 bridgehead atoms. The third kappa shape index (κ3) is 5.55. The fourth-order valence-electron chi connectivity index (χ4n) is 1.45. The zero-order valence-electron chi connectivity index (χ0n) is 11.8. The molecule has 0 saturated heterocycles. The van der Waals surface area contributed by atoms with E-state index in [1.807, 2.05) is 6.07 Å². The van der Waals surface area contributed by atoms with Crippen molar-refractivity contribution in [3.05, 3.63) is 0 Å². The van der Waals surface area contributed by atoms with Gasteiger partial charge in [-0.25, -0.2) is 0 Å². The number of ether oxygens (including phenoxy) is 1. The maximum atomic E-state index is 12.3. The summed E-state index contributed by atoms with van der Waals surface area (Å²) in [5, 5.41) is 8.56. The minimum atomic E-state index is -3.67. The van der Waals surface area contributed by atoms with Crippen molar-refractivity contribution in [2.24, 2.45) is 0 Å². The summed E-state index contributed by atoms with van der Waals surface area (Å²) < 4.78 is 31.3. The van der Waals surface area contributed by atoms with Crippen molar-refractivity contribution >= 4 is 16.2 Å². The predicted molar refractivity (Wildman–Crippen MR) is 70.3 cm³/mol. The standard InChI is InChI=1S/C11H21N3O4S/c1-10(2)14(8-5-7-12)19(16,17)13(3)9-6-11(15)18-4/h10H,5-6,8-9H2,1-4H3. The highest BCUT2D eigenvalue weighted by atomic mass is 32.2. The molecule has 0 radical (unpaired) electrons. The molecule has 0 spiro atoms. The molecule has 7 nitrogen and oxygen atoms in total. The molecule has 0 unspecified atom stereocenters. The third-order valence-corrected chi connectivity index (χ3v) is 4.74. The van der Waals surface area contributed by atoms with Gasteiger partial charge in [-0.05, 0) is 13.8 Å². The molecular weight excluding hydrogens is 270 g/mol. The van der Waals surface area contributed by atoms with Gasteiger partial charge in [0.15, 0.2) is 0 Å². The van der Waals surface area contributed by atoms with Crippen LogP contribution in [0.25, 0.3) is 0 Å². The molecule has 0 aromatic rings. The van der Waals surface area contributed by atoms with E-state index in [-0.39, 0.29) is 32.0 Å². The van der Waals surface area contributed by atoms with E-state index < -0.39 is 16.2 Å². The maximum Gasteiger partial charge on any atom is 0.306 e. The van der Waals surface area contributed by atoms with Crippen molar-refractivity contribution < 1.29 is 17.9 Å². The summed E-state index contributed by atoms with van der Waals surface area (Å²) in [5.41, 5.74) is 0. The van der Waals surface area contributed by atoms with Gasteiger partial charge in [-0.15, -0.1) is 0 Å². The molecule has 0 aliphatic heterocycles. The van der Waals surface area contributed by atoms with Crippen LogP contribution >= 0.6 is 0 Å². The molecule has 0 N–H and O–H groups in total. The highest BCUT2D eigenvalue weighted by Gasteiger charge is 2.29. The number of esters is 1. The van der Waals surface area contributed by atoms with Gasteiger partial charge in [0.2, 0.25) is 0 Å². The van der Waals surface area contributed by atoms with Crippen LogP contribution in [-0.4, -0.2) is 56.3 Å². The van der Waals surface area contributed by atoms with E-state index in [9.17, 15) is 13.2 Å². The summed E-state index contributed by atoms with van der Waals surface area (Å²) in [6.45, 7) is 3.66. The van der Waals surface area contributed by atoms with Gasteiger partial charge in [0.05, 0.1) is 19.6 Å². The maximum absolute atomic E-state index is 12.3. The second kappa shape index (κ2) is 8.09. The Hall–Kier alpha value is -1.17. The first-order valence-corrected chi connectivity index (χ1v) is 7.34. The van der Waals surface area contributed by atoms with Crippen LogP contribution in [0.4, 0.5) is 0 Å². The van der Waals surface area contributed by atoms with Gasteiger partial charge in [0.1, 0.15) is 0 Å². The highest BCUT2D eigenvalue weighted by Crippen LogP contribution is 2.12. The van der Waals surface area contributed by atoms with Crippen LogP contribution in [0.1, 0.15) is 26.7 Å². The van der Waals surface area contributed by atoms with Crippen LogP contribution in [0.2, 0.25) is 0 Å². The normalized spacial score (nSPS) is 11.9. The van der Waals surface area contributed by atoms with Crippen molar-refractivity contribution in [1.29, 1.82) is 5.26 Å². The summed E-state index contributed by atoms with van der Waals surface area (Å²) in [6, 6.07) is 1.67. The smallest absolute Gasteiger partial charge is 0.306 e. The van der Waals surface area contributed by atoms with Gasteiger partial charge in [-0.2, -0.15) is 22.3 Å². The molecule has 0 saturated carbocycles. The van der Waals surface area contributed by atoms with E-state index in [1.165, 1.54) is 18.5 Å². The molecule has 0 amide bonds. The molecule has 0 aliphatic rings. The van der Waals surface area contributed by atoms with Crippen molar-refractivity contribution in [3.8, 4) is 6.07 Å². The van der Waals surface area contributed by atoms with Crippen molar-refractivity contribution in [2.75, 3.05) is 27.2 Å². The average Bonchev–Trinajstić information content (AvgIpc) is 2.34. The fourth-order valence-corrected chi connectivity index (χ4v) is 2.98. The van der Waals surface area contributed by atoms with Crippen LogP contribution in [0, 0.1) is 11.3 Å². The molecule has 0 aliphatic carbocycles. The Labute approximate surface area is 114 Å². The van der Waals surface area contributed by atoms with E-state index in [0.29, 0.717) is 0 Å². The topological polar surface area (TPSA) is 90.7 Å². The summed E-state index contributed by atoms with van der Waals surface area (Å²) >= 11 is 0. The fraction of sp³-hybridized carbons (Fsp3) is 0.818. The SMILES string of the molecule is COC(=O)CCN(C)S(=O)(=O)N(CCC#N)C(C)C. The predicted octanol–water partition coefficient (Wildman–Crippen LogP) is 0.350. The number of nitriles is 1. The Balaban J connectivity index is 4.79. The number of carbonyl (C=O) groups excluding carboxylic acids is 1. The quantitative estimate of drug-likeness (QED) is 0.602. The Morgan fingerprint density at radius 1 is 1.37 bits per heavy atom. The van der Waals surface area contributed by atoms with Crippen LogP contribution in [0.15, 0.2) is 0 Å². The van der Waals surface area contributed by atoms with Crippen LogP contribution < -0.4 is 0 Å². The zero-order chi connectivity index (χ0) is 15.1. The van der Waals surface area contributed by atoms with Gasteiger partial charge in [0, 0.05) is 32.6 Å². The van der Waals surface area contributed by atoms with Crippen molar-refractivity contribution in [3.63, 3.8) is 0 Å². The van der Waals surface area contributed by atoms with Crippen molar-refractivity contribution in [2.45, 2.75) is 32.7 Å². The lowest BCUT2D eigenvalue weighted by Gasteiger charge is -2.29. The minimum Gasteiger partial charge on any atom is -0.469 e. The van der Waals surface area contributed by atoms with Crippen LogP contribution in [0.5, 0.6) is 0 Å². The van der Waals surface area contributed by atoms with Gasteiger partial charge < -0.3 is 4.74 Å². The van der Waals surface area contributed by atoms with Crippen LogP contribution in [0.3, 0.4) is 0 Å². The molecule has 19 heavy (non-hydrogen) atoms. The zero-order valence-corrected chi connectivity index (χ0v) is 12.6. The number of carbonyl (C=O) groups is 1. The minimum absolute atomic E-state index is 0.00356. The van der Waals surface area contributed by atoms with E-state index >= 15 is 0 Å². The monoisotopic (exact) mass is 291 g/mol. The summed E-state index contributed by atoms with van der Waals surface area (Å²) in [5.74, 6) is -0.463. The lowest BCUT2D eigenvalue weighted by Crippen LogP contribution is -2.46. The van der Waals surface area contributed by atoms with E-state index in [0.717, 1.165) is 4.31 Å². The third-order valence-electron chi connectivity index (χ3n) is 2.57. The lowest BCUT2D eigenvalue weighted by molar-refractivity contribution is -0.140.